The molecule has 2 aromatic carbocycles. The first-order chi connectivity index (χ1) is 16.3. The summed E-state index contributed by atoms with van der Waals surface area (Å²) < 4.78 is 30.3. The van der Waals surface area contributed by atoms with Crippen molar-refractivity contribution in [3.63, 3.8) is 0 Å². The second kappa shape index (κ2) is 8.35. The van der Waals surface area contributed by atoms with Crippen molar-refractivity contribution in [2.75, 3.05) is 4.72 Å². The summed E-state index contributed by atoms with van der Waals surface area (Å²) in [5.74, 6) is 0.595. The highest BCUT2D eigenvalue weighted by molar-refractivity contribution is 7.92. The lowest BCUT2D eigenvalue weighted by molar-refractivity contribution is 0.600. The molecule has 1 N–H and O–H groups in total. The number of hydrogen-bond donors (Lipinski definition) is 1. The molecule has 0 saturated carbocycles. The zero-order valence-corrected chi connectivity index (χ0v) is 19.7. The van der Waals surface area contributed by atoms with Gasteiger partial charge in [0.15, 0.2) is 11.5 Å². The van der Waals surface area contributed by atoms with E-state index in [1.165, 1.54) is 0 Å². The first-order valence-electron chi connectivity index (χ1n) is 10.7. The first-order valence-corrected chi connectivity index (χ1v) is 12.1. The molecule has 0 saturated heterocycles. The van der Waals surface area contributed by atoms with Crippen LogP contribution in [0.25, 0.3) is 28.3 Å². The Kier molecular flexibility index (Phi) is 5.33. The Hall–Kier alpha value is -4.11. The molecule has 34 heavy (non-hydrogen) atoms. The fourth-order valence-corrected chi connectivity index (χ4v) is 5.13. The molecule has 0 atom stereocenters. The predicted molar refractivity (Wildman–Crippen MR) is 131 cm³/mol. The standard InChI is InChI=1S/C25H22N6O2S/c1-16-13-18(3)23(14-17(16)2)34(32,33)30-21-8-6-19(7-9-21)22-10-11-24-27-28-25(31(24)29-22)20-5-4-12-26-15-20/h4-15,30H,1-3H3. The summed E-state index contributed by atoms with van der Waals surface area (Å²) in [4.78, 5) is 4.42. The average molecular weight is 471 g/mol. The number of aryl methyl sites for hydroxylation is 3. The van der Waals surface area contributed by atoms with Crippen LogP contribution in [0.3, 0.4) is 0 Å². The van der Waals surface area contributed by atoms with Gasteiger partial charge in [0.1, 0.15) is 0 Å². The summed E-state index contributed by atoms with van der Waals surface area (Å²) in [5.41, 5.74) is 6.15. The van der Waals surface area contributed by atoms with Gasteiger partial charge in [0, 0.05) is 29.2 Å². The molecule has 170 valence electrons. The minimum absolute atomic E-state index is 0.280. The third-order valence-electron chi connectivity index (χ3n) is 5.70. The number of anilines is 1. The van der Waals surface area contributed by atoms with Crippen molar-refractivity contribution in [2.45, 2.75) is 25.7 Å². The molecule has 0 radical (unpaired) electrons. The second-order valence-corrected chi connectivity index (χ2v) is 9.79. The minimum atomic E-state index is -3.71. The number of hydrogen-bond acceptors (Lipinski definition) is 6. The molecule has 0 unspecified atom stereocenters. The average Bonchev–Trinajstić information content (AvgIpc) is 3.25. The van der Waals surface area contributed by atoms with E-state index >= 15 is 0 Å². The number of rotatable bonds is 5. The van der Waals surface area contributed by atoms with E-state index in [0.717, 1.165) is 22.3 Å². The van der Waals surface area contributed by atoms with Gasteiger partial charge in [-0.2, -0.15) is 9.61 Å². The van der Waals surface area contributed by atoms with Gasteiger partial charge in [-0.05, 0) is 79.9 Å². The summed E-state index contributed by atoms with van der Waals surface area (Å²) in [6.45, 7) is 5.67. The Morgan fingerprint density at radius 3 is 2.32 bits per heavy atom. The van der Waals surface area contributed by atoms with Crippen molar-refractivity contribution in [3.05, 3.63) is 89.7 Å². The van der Waals surface area contributed by atoms with Gasteiger partial charge in [0.2, 0.25) is 0 Å². The highest BCUT2D eigenvalue weighted by Gasteiger charge is 2.18. The molecular formula is C25H22N6O2S. The van der Waals surface area contributed by atoms with E-state index in [9.17, 15) is 8.42 Å². The maximum atomic E-state index is 13.0. The third-order valence-corrected chi connectivity index (χ3v) is 7.22. The molecule has 0 spiro atoms. The van der Waals surface area contributed by atoms with E-state index in [1.807, 2.05) is 56.3 Å². The Morgan fingerprint density at radius 2 is 1.59 bits per heavy atom. The van der Waals surface area contributed by atoms with Gasteiger partial charge in [-0.15, -0.1) is 10.2 Å². The van der Waals surface area contributed by atoms with Crippen molar-refractivity contribution in [3.8, 4) is 22.6 Å². The summed E-state index contributed by atoms with van der Waals surface area (Å²) in [6, 6.07) is 18.1. The number of aromatic nitrogens is 5. The lowest BCUT2D eigenvalue weighted by Gasteiger charge is -2.13. The quantitative estimate of drug-likeness (QED) is 0.403. The van der Waals surface area contributed by atoms with Crippen LogP contribution in [0.15, 0.2) is 78.0 Å². The largest absolute Gasteiger partial charge is 0.280 e. The number of pyridine rings is 1. The number of nitrogens with zero attached hydrogens (tertiary/aromatic N) is 5. The van der Waals surface area contributed by atoms with E-state index in [-0.39, 0.29) is 4.90 Å². The monoisotopic (exact) mass is 470 g/mol. The maximum absolute atomic E-state index is 13.0. The fourth-order valence-electron chi connectivity index (χ4n) is 3.76. The van der Waals surface area contributed by atoms with Gasteiger partial charge >= 0.3 is 0 Å². The van der Waals surface area contributed by atoms with Crippen LogP contribution in [-0.4, -0.2) is 33.2 Å². The highest BCUT2D eigenvalue weighted by atomic mass is 32.2. The second-order valence-electron chi connectivity index (χ2n) is 8.14. The van der Waals surface area contributed by atoms with E-state index in [4.69, 9.17) is 0 Å². The van der Waals surface area contributed by atoms with E-state index in [2.05, 4.69) is 25.0 Å². The summed E-state index contributed by atoms with van der Waals surface area (Å²) >= 11 is 0. The number of sulfonamides is 1. The van der Waals surface area contributed by atoms with Crippen LogP contribution in [0.1, 0.15) is 16.7 Å². The molecule has 0 aliphatic carbocycles. The number of benzene rings is 2. The predicted octanol–water partition coefficient (Wildman–Crippen LogP) is 4.58. The zero-order chi connectivity index (χ0) is 23.9. The minimum Gasteiger partial charge on any atom is -0.280 e. The molecule has 9 heteroatoms. The first kappa shape index (κ1) is 21.7. The Labute approximate surface area is 197 Å². The Morgan fingerprint density at radius 1 is 0.824 bits per heavy atom. The fraction of sp³-hybridized carbons (Fsp3) is 0.120. The molecule has 5 aromatic rings. The van der Waals surface area contributed by atoms with Gasteiger partial charge in [-0.3, -0.25) is 9.71 Å². The SMILES string of the molecule is Cc1cc(C)c(S(=O)(=O)Nc2ccc(-c3ccc4nnc(-c5cccnc5)n4n3)cc2)cc1C. The maximum Gasteiger partial charge on any atom is 0.262 e. The van der Waals surface area contributed by atoms with Crippen molar-refractivity contribution in [1.82, 2.24) is 24.8 Å². The Balaban J connectivity index is 1.44. The van der Waals surface area contributed by atoms with Gasteiger partial charge in [-0.25, -0.2) is 8.42 Å². The van der Waals surface area contributed by atoms with Crippen LogP contribution in [-0.2, 0) is 10.0 Å². The molecule has 0 aliphatic heterocycles. The van der Waals surface area contributed by atoms with Gasteiger partial charge in [-0.1, -0.05) is 18.2 Å². The van der Waals surface area contributed by atoms with E-state index in [1.54, 1.807) is 42.0 Å². The van der Waals surface area contributed by atoms with Gasteiger partial charge in [0.25, 0.3) is 10.0 Å². The molecule has 0 amide bonds. The van der Waals surface area contributed by atoms with Crippen molar-refractivity contribution in [1.29, 1.82) is 0 Å². The van der Waals surface area contributed by atoms with Crippen molar-refractivity contribution >= 4 is 21.4 Å². The number of fused-ring (bicyclic) bond motifs is 1. The summed E-state index contributed by atoms with van der Waals surface area (Å²) in [5, 5.41) is 13.1. The van der Waals surface area contributed by atoms with Crippen LogP contribution >= 0.6 is 0 Å². The summed E-state index contributed by atoms with van der Waals surface area (Å²) in [6.07, 6.45) is 3.41. The van der Waals surface area contributed by atoms with Crippen LogP contribution in [0.5, 0.6) is 0 Å². The molecule has 3 aromatic heterocycles. The van der Waals surface area contributed by atoms with Crippen LogP contribution in [0.4, 0.5) is 5.69 Å². The van der Waals surface area contributed by atoms with Crippen molar-refractivity contribution in [2.24, 2.45) is 0 Å². The van der Waals surface area contributed by atoms with Crippen LogP contribution in [0.2, 0.25) is 0 Å². The molecule has 8 nitrogen and oxygen atoms in total. The highest BCUT2D eigenvalue weighted by Crippen LogP contribution is 2.25. The zero-order valence-electron chi connectivity index (χ0n) is 18.9. The molecule has 0 fully saturated rings. The molecule has 0 bridgehead atoms. The lowest BCUT2D eigenvalue weighted by atomic mass is 10.1. The molecule has 0 aliphatic rings. The van der Waals surface area contributed by atoms with Gasteiger partial charge < -0.3 is 0 Å². The van der Waals surface area contributed by atoms with Crippen molar-refractivity contribution < 1.29 is 8.42 Å². The summed E-state index contributed by atoms with van der Waals surface area (Å²) in [7, 11) is -3.71. The normalized spacial score (nSPS) is 11.6. The third kappa shape index (κ3) is 4.01. The topological polar surface area (TPSA) is 102 Å². The van der Waals surface area contributed by atoms with Gasteiger partial charge in [0.05, 0.1) is 10.6 Å². The van der Waals surface area contributed by atoms with Crippen LogP contribution < -0.4 is 4.72 Å². The molecule has 3 heterocycles. The Bertz CT molecular complexity index is 1610. The molecule has 5 rings (SSSR count). The smallest absolute Gasteiger partial charge is 0.262 e. The lowest BCUT2D eigenvalue weighted by Crippen LogP contribution is -2.14. The van der Waals surface area contributed by atoms with E-state index < -0.39 is 10.0 Å². The van der Waals surface area contributed by atoms with E-state index in [0.29, 0.717) is 28.4 Å². The van der Waals surface area contributed by atoms with Crippen LogP contribution in [0, 0.1) is 20.8 Å². The number of nitrogens with one attached hydrogen (secondary N) is 1. The molecular weight excluding hydrogens is 448 g/mol.